The van der Waals surface area contributed by atoms with Crippen LogP contribution in [0.15, 0.2) is 36.5 Å². The summed E-state index contributed by atoms with van der Waals surface area (Å²) in [6.45, 7) is 6.31. The van der Waals surface area contributed by atoms with Crippen molar-refractivity contribution in [1.29, 1.82) is 0 Å². The van der Waals surface area contributed by atoms with Gasteiger partial charge >= 0.3 is 5.97 Å². The van der Waals surface area contributed by atoms with Gasteiger partial charge < -0.3 is 9.14 Å². The summed E-state index contributed by atoms with van der Waals surface area (Å²) in [4.78, 5) is 17.4. The Hall–Kier alpha value is -2.62. The van der Waals surface area contributed by atoms with E-state index < -0.39 is 0 Å². The highest BCUT2D eigenvalue weighted by atomic mass is 16.5. The summed E-state index contributed by atoms with van der Waals surface area (Å²) in [5, 5.41) is 0. The van der Waals surface area contributed by atoms with Gasteiger partial charge in [-0.25, -0.2) is 9.78 Å². The third-order valence-corrected chi connectivity index (χ3v) is 5.56. The van der Waals surface area contributed by atoms with E-state index in [1.54, 1.807) is 0 Å². The second-order valence-corrected chi connectivity index (χ2v) is 7.05. The number of esters is 1. The highest BCUT2D eigenvalue weighted by Crippen LogP contribution is 2.36. The molecular formula is C22H24N2O2. The Kier molecular flexibility index (Phi) is 4.27. The molecule has 2 aromatic heterocycles. The Morgan fingerprint density at radius 2 is 2.00 bits per heavy atom. The van der Waals surface area contributed by atoms with E-state index in [0.29, 0.717) is 18.1 Å². The number of fused-ring (bicyclic) bond motifs is 3. The minimum atomic E-state index is -0.227. The zero-order valence-corrected chi connectivity index (χ0v) is 15.6. The van der Waals surface area contributed by atoms with Crippen molar-refractivity contribution in [2.24, 2.45) is 0 Å². The number of pyridine rings is 1. The van der Waals surface area contributed by atoms with Crippen molar-refractivity contribution in [2.75, 3.05) is 6.61 Å². The molecule has 0 N–H and O–H groups in total. The molecular weight excluding hydrogens is 324 g/mol. The highest BCUT2D eigenvalue weighted by molar-refractivity contribution is 5.92. The fraction of sp³-hybridized carbons (Fsp3) is 0.364. The van der Waals surface area contributed by atoms with Gasteiger partial charge in [0.1, 0.15) is 5.65 Å². The monoisotopic (exact) mass is 348 g/mol. The summed E-state index contributed by atoms with van der Waals surface area (Å²) < 4.78 is 7.39. The number of rotatable bonds is 3. The molecule has 0 saturated carbocycles. The SMILES string of the molecule is CCOC(=O)c1cn2c(C)c(C)nc2c2c1CCC(c1ccccc1)C2. The van der Waals surface area contributed by atoms with Crippen LogP contribution in [-0.2, 0) is 17.6 Å². The predicted octanol–water partition coefficient (Wildman–Crippen LogP) is 4.40. The molecule has 1 atom stereocenters. The van der Waals surface area contributed by atoms with Gasteiger partial charge in [-0.3, -0.25) is 0 Å². The molecule has 1 unspecified atom stereocenters. The van der Waals surface area contributed by atoms with Crippen molar-refractivity contribution >= 4 is 11.6 Å². The molecule has 4 nitrogen and oxygen atoms in total. The number of benzene rings is 1. The molecule has 2 heterocycles. The van der Waals surface area contributed by atoms with Crippen LogP contribution in [0.25, 0.3) is 5.65 Å². The Labute approximate surface area is 153 Å². The summed E-state index contributed by atoms with van der Waals surface area (Å²) in [5.41, 5.74) is 7.45. The van der Waals surface area contributed by atoms with Gasteiger partial charge in [0.2, 0.25) is 0 Å². The van der Waals surface area contributed by atoms with Crippen LogP contribution >= 0.6 is 0 Å². The van der Waals surface area contributed by atoms with Crippen LogP contribution in [0.2, 0.25) is 0 Å². The normalized spacial score (nSPS) is 16.5. The van der Waals surface area contributed by atoms with Gasteiger partial charge in [0.25, 0.3) is 0 Å². The van der Waals surface area contributed by atoms with Crippen LogP contribution in [0.1, 0.15) is 57.7 Å². The van der Waals surface area contributed by atoms with Gasteiger partial charge in [0.05, 0.1) is 17.9 Å². The van der Waals surface area contributed by atoms with Crippen LogP contribution in [0.4, 0.5) is 0 Å². The molecule has 4 heteroatoms. The fourth-order valence-electron chi connectivity index (χ4n) is 4.06. The lowest BCUT2D eigenvalue weighted by Gasteiger charge is -2.27. The summed E-state index contributed by atoms with van der Waals surface area (Å²) in [7, 11) is 0. The zero-order valence-electron chi connectivity index (χ0n) is 15.6. The number of hydrogen-bond donors (Lipinski definition) is 0. The van der Waals surface area contributed by atoms with E-state index in [2.05, 4.69) is 34.7 Å². The number of aryl methyl sites for hydroxylation is 2. The van der Waals surface area contributed by atoms with Crippen LogP contribution in [0.3, 0.4) is 0 Å². The van der Waals surface area contributed by atoms with Gasteiger partial charge in [-0.2, -0.15) is 0 Å². The van der Waals surface area contributed by atoms with Crippen LogP contribution in [0.5, 0.6) is 0 Å². The maximum Gasteiger partial charge on any atom is 0.339 e. The van der Waals surface area contributed by atoms with E-state index in [1.165, 1.54) is 11.1 Å². The Morgan fingerprint density at radius 3 is 2.73 bits per heavy atom. The van der Waals surface area contributed by atoms with E-state index in [1.807, 2.05) is 27.0 Å². The minimum Gasteiger partial charge on any atom is -0.462 e. The summed E-state index contributed by atoms with van der Waals surface area (Å²) in [6.07, 6.45) is 4.75. The molecule has 0 saturated heterocycles. The maximum atomic E-state index is 12.6. The standard InChI is InChI=1S/C22H24N2O2/c1-4-26-22(25)20-13-24-15(3)14(2)23-21(24)19-12-17(10-11-18(19)20)16-8-6-5-7-9-16/h5-9,13,17H,4,10-12H2,1-3H3. The molecule has 0 aliphatic heterocycles. The third kappa shape index (κ3) is 2.70. The van der Waals surface area contributed by atoms with Crippen LogP contribution in [0, 0.1) is 13.8 Å². The van der Waals surface area contributed by atoms with Crippen LogP contribution in [-0.4, -0.2) is 22.0 Å². The largest absolute Gasteiger partial charge is 0.462 e. The van der Waals surface area contributed by atoms with Crippen LogP contribution < -0.4 is 0 Å². The van der Waals surface area contributed by atoms with Crippen molar-refractivity contribution in [3.8, 4) is 0 Å². The number of nitrogens with zero attached hydrogens (tertiary/aromatic N) is 2. The van der Waals surface area contributed by atoms with Gasteiger partial charge in [0.15, 0.2) is 0 Å². The predicted molar refractivity (Wildman–Crippen MR) is 102 cm³/mol. The number of carbonyl (C=O) groups excluding carboxylic acids is 1. The maximum absolute atomic E-state index is 12.6. The smallest absolute Gasteiger partial charge is 0.339 e. The van der Waals surface area contributed by atoms with Crippen molar-refractivity contribution in [3.05, 3.63) is 70.2 Å². The lowest BCUT2D eigenvalue weighted by molar-refractivity contribution is 0.0524. The second-order valence-electron chi connectivity index (χ2n) is 7.05. The Morgan fingerprint density at radius 1 is 1.23 bits per heavy atom. The molecule has 0 amide bonds. The van der Waals surface area contributed by atoms with Crippen molar-refractivity contribution < 1.29 is 9.53 Å². The first-order valence-electron chi connectivity index (χ1n) is 9.32. The third-order valence-electron chi connectivity index (χ3n) is 5.56. The lowest BCUT2D eigenvalue weighted by atomic mass is 9.79. The number of hydrogen-bond acceptors (Lipinski definition) is 3. The number of imidazole rings is 1. The molecule has 1 aromatic carbocycles. The number of ether oxygens (including phenoxy) is 1. The molecule has 1 aliphatic rings. The Balaban J connectivity index is 1.87. The molecule has 0 bridgehead atoms. The van der Waals surface area contributed by atoms with Crippen molar-refractivity contribution in [1.82, 2.24) is 9.38 Å². The van der Waals surface area contributed by atoms with Gasteiger partial charge in [-0.05, 0) is 57.1 Å². The quantitative estimate of drug-likeness (QED) is 0.659. The first-order chi connectivity index (χ1) is 12.6. The van der Waals surface area contributed by atoms with Gasteiger partial charge in [-0.1, -0.05) is 30.3 Å². The molecule has 134 valence electrons. The van der Waals surface area contributed by atoms with E-state index in [4.69, 9.17) is 9.72 Å². The Bertz CT molecular complexity index is 973. The summed E-state index contributed by atoms with van der Waals surface area (Å²) >= 11 is 0. The average molecular weight is 348 g/mol. The van der Waals surface area contributed by atoms with Crippen molar-refractivity contribution in [2.45, 2.75) is 46.0 Å². The van der Waals surface area contributed by atoms with E-state index >= 15 is 0 Å². The minimum absolute atomic E-state index is 0.227. The first-order valence-corrected chi connectivity index (χ1v) is 9.32. The summed E-state index contributed by atoms with van der Waals surface area (Å²) in [6, 6.07) is 10.6. The first kappa shape index (κ1) is 16.8. The zero-order chi connectivity index (χ0) is 18.3. The second kappa shape index (κ2) is 6.60. The summed E-state index contributed by atoms with van der Waals surface area (Å²) in [5.74, 6) is 0.233. The van der Waals surface area contributed by atoms with Crippen molar-refractivity contribution in [3.63, 3.8) is 0 Å². The highest BCUT2D eigenvalue weighted by Gasteiger charge is 2.28. The van der Waals surface area contributed by atoms with E-state index in [0.717, 1.165) is 41.9 Å². The average Bonchev–Trinajstić information content (AvgIpc) is 2.96. The fourth-order valence-corrected chi connectivity index (χ4v) is 4.06. The van der Waals surface area contributed by atoms with Gasteiger partial charge in [0, 0.05) is 17.5 Å². The lowest BCUT2D eigenvalue weighted by Crippen LogP contribution is -2.19. The molecule has 4 rings (SSSR count). The topological polar surface area (TPSA) is 43.6 Å². The molecule has 1 aliphatic carbocycles. The molecule has 0 fully saturated rings. The molecule has 0 spiro atoms. The molecule has 26 heavy (non-hydrogen) atoms. The molecule has 3 aromatic rings. The number of carbonyl (C=O) groups is 1. The van der Waals surface area contributed by atoms with Gasteiger partial charge in [-0.15, -0.1) is 0 Å². The number of aromatic nitrogens is 2. The van der Waals surface area contributed by atoms with E-state index in [9.17, 15) is 4.79 Å². The molecule has 0 radical (unpaired) electrons. The van der Waals surface area contributed by atoms with E-state index in [-0.39, 0.29) is 5.97 Å².